The minimum atomic E-state index is 0.139. The lowest BCUT2D eigenvalue weighted by atomic mass is 10.1. The Hall–Kier alpha value is -0.650. The van der Waals surface area contributed by atoms with Crippen LogP contribution in [0, 0.1) is 0 Å². The first-order valence-electron chi connectivity index (χ1n) is 8.02. The van der Waals surface area contributed by atoms with Gasteiger partial charge in [-0.2, -0.15) is 0 Å². The van der Waals surface area contributed by atoms with Crippen molar-refractivity contribution in [3.63, 3.8) is 0 Å². The summed E-state index contributed by atoms with van der Waals surface area (Å²) in [6.45, 7) is 14.5. The van der Waals surface area contributed by atoms with E-state index in [0.29, 0.717) is 6.04 Å². The van der Waals surface area contributed by atoms with Crippen LogP contribution >= 0.6 is 11.3 Å². The van der Waals surface area contributed by atoms with Gasteiger partial charge in [0.2, 0.25) is 0 Å². The largest absolute Gasteiger partial charge is 0.377 e. The smallest absolute Gasteiger partial charge is 0.186 e. The Kier molecular flexibility index (Phi) is 5.63. The standard InChI is InChI=1S/C16H29N3OS/c1-6-12-11-20-9-8-19(12)15-18-13(7-2)14(21-15)10-17-16(3,4)5/h12,17H,6-11H2,1-5H3. The first-order chi connectivity index (χ1) is 9.94. The predicted octanol–water partition coefficient (Wildman–Crippen LogP) is 3.21. The molecule has 0 amide bonds. The maximum Gasteiger partial charge on any atom is 0.186 e. The molecule has 0 aromatic carbocycles. The zero-order valence-electron chi connectivity index (χ0n) is 14.0. The van der Waals surface area contributed by atoms with Gasteiger partial charge in [0, 0.05) is 23.5 Å². The summed E-state index contributed by atoms with van der Waals surface area (Å²) in [6.07, 6.45) is 2.11. The molecule has 120 valence electrons. The van der Waals surface area contributed by atoms with Crippen LogP contribution < -0.4 is 10.2 Å². The van der Waals surface area contributed by atoms with Crippen molar-refractivity contribution in [1.29, 1.82) is 0 Å². The van der Waals surface area contributed by atoms with Crippen molar-refractivity contribution in [2.45, 2.75) is 65.6 Å². The van der Waals surface area contributed by atoms with Gasteiger partial charge in [-0.1, -0.05) is 13.8 Å². The summed E-state index contributed by atoms with van der Waals surface area (Å²) in [6, 6.07) is 0.470. The highest BCUT2D eigenvalue weighted by Gasteiger charge is 2.25. The van der Waals surface area contributed by atoms with Crippen molar-refractivity contribution in [2.24, 2.45) is 0 Å². The molecule has 1 saturated heterocycles. The van der Waals surface area contributed by atoms with E-state index in [9.17, 15) is 0 Å². The van der Waals surface area contributed by atoms with Crippen LogP contribution in [0.15, 0.2) is 0 Å². The number of hydrogen-bond donors (Lipinski definition) is 1. The number of nitrogens with zero attached hydrogens (tertiary/aromatic N) is 2. The van der Waals surface area contributed by atoms with Crippen LogP contribution in [-0.4, -0.2) is 36.3 Å². The van der Waals surface area contributed by atoms with E-state index in [0.717, 1.165) is 39.1 Å². The van der Waals surface area contributed by atoms with Gasteiger partial charge in [-0.05, 0) is 33.6 Å². The van der Waals surface area contributed by atoms with E-state index in [2.05, 4.69) is 44.8 Å². The van der Waals surface area contributed by atoms with Crippen molar-refractivity contribution in [2.75, 3.05) is 24.7 Å². The van der Waals surface area contributed by atoms with Crippen LogP contribution in [-0.2, 0) is 17.7 Å². The Morgan fingerprint density at radius 2 is 2.14 bits per heavy atom. The highest BCUT2D eigenvalue weighted by Crippen LogP contribution is 2.30. The quantitative estimate of drug-likeness (QED) is 0.906. The topological polar surface area (TPSA) is 37.4 Å². The number of thiazole rings is 1. The third kappa shape index (κ3) is 4.41. The lowest BCUT2D eigenvalue weighted by molar-refractivity contribution is 0.0929. The van der Waals surface area contributed by atoms with Crippen LogP contribution in [0.5, 0.6) is 0 Å². The Labute approximate surface area is 132 Å². The second-order valence-corrected chi connectivity index (χ2v) is 7.72. The molecule has 5 heteroatoms. The maximum atomic E-state index is 5.60. The number of nitrogens with one attached hydrogen (secondary N) is 1. The molecule has 0 saturated carbocycles. The van der Waals surface area contributed by atoms with Crippen LogP contribution in [0.4, 0.5) is 5.13 Å². The number of aryl methyl sites for hydroxylation is 1. The average molecular weight is 311 g/mol. The Morgan fingerprint density at radius 1 is 1.38 bits per heavy atom. The second-order valence-electron chi connectivity index (χ2n) is 6.65. The van der Waals surface area contributed by atoms with Crippen molar-refractivity contribution < 1.29 is 4.74 Å². The van der Waals surface area contributed by atoms with Crippen molar-refractivity contribution in [1.82, 2.24) is 10.3 Å². The number of anilines is 1. The van der Waals surface area contributed by atoms with Gasteiger partial charge in [0.25, 0.3) is 0 Å². The first kappa shape index (κ1) is 16.7. The molecule has 1 atom stereocenters. The molecule has 1 aliphatic heterocycles. The summed E-state index contributed by atoms with van der Waals surface area (Å²) in [4.78, 5) is 8.72. The van der Waals surface area contributed by atoms with E-state index >= 15 is 0 Å². The fraction of sp³-hybridized carbons (Fsp3) is 0.812. The monoisotopic (exact) mass is 311 g/mol. The fourth-order valence-corrected chi connectivity index (χ4v) is 3.68. The zero-order valence-corrected chi connectivity index (χ0v) is 14.8. The highest BCUT2D eigenvalue weighted by atomic mass is 32.1. The van der Waals surface area contributed by atoms with E-state index in [4.69, 9.17) is 9.72 Å². The Balaban J connectivity index is 2.15. The van der Waals surface area contributed by atoms with Gasteiger partial charge in [0.05, 0.1) is 24.9 Å². The van der Waals surface area contributed by atoms with Gasteiger partial charge in [-0.15, -0.1) is 11.3 Å². The second kappa shape index (κ2) is 7.07. The molecule has 0 radical (unpaired) electrons. The summed E-state index contributed by atoms with van der Waals surface area (Å²) in [7, 11) is 0. The lowest BCUT2D eigenvalue weighted by Crippen LogP contribution is -2.45. The fourth-order valence-electron chi connectivity index (χ4n) is 2.50. The average Bonchev–Trinajstić information content (AvgIpc) is 2.87. The van der Waals surface area contributed by atoms with Crippen LogP contribution in [0.2, 0.25) is 0 Å². The summed E-state index contributed by atoms with van der Waals surface area (Å²) in [5, 5.41) is 4.76. The highest BCUT2D eigenvalue weighted by molar-refractivity contribution is 7.15. The molecule has 1 fully saturated rings. The number of morpholine rings is 1. The predicted molar refractivity (Wildman–Crippen MR) is 90.3 cm³/mol. The molecular weight excluding hydrogens is 282 g/mol. The van der Waals surface area contributed by atoms with Crippen molar-refractivity contribution >= 4 is 16.5 Å². The molecule has 1 aromatic rings. The number of hydrogen-bond acceptors (Lipinski definition) is 5. The van der Waals surface area contributed by atoms with E-state index in [1.807, 2.05) is 11.3 Å². The van der Waals surface area contributed by atoms with Gasteiger partial charge < -0.3 is 15.0 Å². The third-order valence-corrected chi connectivity index (χ3v) is 4.96. The molecule has 1 unspecified atom stereocenters. The van der Waals surface area contributed by atoms with E-state index in [-0.39, 0.29) is 5.54 Å². The molecule has 1 aromatic heterocycles. The Bertz CT molecular complexity index is 453. The van der Waals surface area contributed by atoms with Crippen molar-refractivity contribution in [3.8, 4) is 0 Å². The number of rotatable bonds is 5. The lowest BCUT2D eigenvalue weighted by Gasteiger charge is -2.34. The minimum absolute atomic E-state index is 0.139. The summed E-state index contributed by atoms with van der Waals surface area (Å²) >= 11 is 1.85. The first-order valence-corrected chi connectivity index (χ1v) is 8.84. The molecule has 0 spiro atoms. The molecule has 0 bridgehead atoms. The summed E-state index contributed by atoms with van der Waals surface area (Å²) < 4.78 is 5.60. The zero-order chi connectivity index (χ0) is 15.5. The van der Waals surface area contributed by atoms with E-state index in [1.165, 1.54) is 15.7 Å². The van der Waals surface area contributed by atoms with E-state index < -0.39 is 0 Å². The van der Waals surface area contributed by atoms with Gasteiger partial charge in [0.15, 0.2) is 5.13 Å². The molecule has 2 rings (SSSR count). The summed E-state index contributed by atoms with van der Waals surface area (Å²) in [5.74, 6) is 0. The SMILES string of the molecule is CCc1nc(N2CCOCC2CC)sc1CNC(C)(C)C. The van der Waals surface area contributed by atoms with E-state index in [1.54, 1.807) is 0 Å². The van der Waals surface area contributed by atoms with Crippen LogP contribution in [0.1, 0.15) is 51.6 Å². The number of ether oxygens (including phenoxy) is 1. The molecule has 1 N–H and O–H groups in total. The maximum absolute atomic E-state index is 5.60. The molecule has 1 aliphatic rings. The molecule has 21 heavy (non-hydrogen) atoms. The molecule has 2 heterocycles. The number of aromatic nitrogens is 1. The van der Waals surface area contributed by atoms with Crippen molar-refractivity contribution in [3.05, 3.63) is 10.6 Å². The van der Waals surface area contributed by atoms with Gasteiger partial charge >= 0.3 is 0 Å². The van der Waals surface area contributed by atoms with Crippen LogP contribution in [0.3, 0.4) is 0 Å². The molecule has 4 nitrogen and oxygen atoms in total. The van der Waals surface area contributed by atoms with Gasteiger partial charge in [-0.25, -0.2) is 4.98 Å². The normalized spacial score (nSPS) is 20.0. The minimum Gasteiger partial charge on any atom is -0.377 e. The molecular formula is C16H29N3OS. The van der Waals surface area contributed by atoms with Gasteiger partial charge in [0.1, 0.15) is 0 Å². The van der Waals surface area contributed by atoms with Gasteiger partial charge in [-0.3, -0.25) is 0 Å². The third-order valence-electron chi connectivity index (χ3n) is 3.83. The van der Waals surface area contributed by atoms with Crippen LogP contribution in [0.25, 0.3) is 0 Å². The summed E-state index contributed by atoms with van der Waals surface area (Å²) in [5.41, 5.74) is 1.38. The Morgan fingerprint density at radius 3 is 2.76 bits per heavy atom. The molecule has 0 aliphatic carbocycles.